The first-order valence-electron chi connectivity index (χ1n) is 18.6. The summed E-state index contributed by atoms with van der Waals surface area (Å²) in [5.41, 5.74) is 12.5. The minimum atomic E-state index is -0.838. The highest BCUT2D eigenvalue weighted by Crippen LogP contribution is 2.45. The van der Waals surface area contributed by atoms with Gasteiger partial charge in [-0.05, 0) is 94.1 Å². The summed E-state index contributed by atoms with van der Waals surface area (Å²) in [5.74, 6) is 1.82. The summed E-state index contributed by atoms with van der Waals surface area (Å²) < 4.78 is 4.45. The highest BCUT2D eigenvalue weighted by Gasteiger charge is 2.42. The highest BCUT2D eigenvalue weighted by molar-refractivity contribution is 5.82. The van der Waals surface area contributed by atoms with E-state index in [0.29, 0.717) is 5.82 Å². The van der Waals surface area contributed by atoms with Gasteiger partial charge in [-0.2, -0.15) is 0 Å². The van der Waals surface area contributed by atoms with Crippen molar-refractivity contribution in [1.82, 2.24) is 34.7 Å². The van der Waals surface area contributed by atoms with Crippen LogP contribution in [0.4, 0.5) is 0 Å². The summed E-state index contributed by atoms with van der Waals surface area (Å²) in [6, 6.07) is 49.5. The third-order valence-electron chi connectivity index (χ3n) is 10.9. The second-order valence-corrected chi connectivity index (χ2v) is 14.1. The molecular weight excluding hydrogens is 651 g/mol. The number of imidazole rings is 1. The molecule has 8 aromatic rings. The van der Waals surface area contributed by atoms with Crippen molar-refractivity contribution in [3.63, 3.8) is 0 Å². The molecule has 260 valence electrons. The van der Waals surface area contributed by atoms with Crippen molar-refractivity contribution in [3.05, 3.63) is 184 Å². The van der Waals surface area contributed by atoms with Crippen LogP contribution in [0.2, 0.25) is 0 Å². The Morgan fingerprint density at radius 1 is 0.698 bits per heavy atom. The molecule has 0 aliphatic heterocycles. The summed E-state index contributed by atoms with van der Waals surface area (Å²) in [6.07, 6.45) is 3.97. The number of tetrazole rings is 1. The summed E-state index contributed by atoms with van der Waals surface area (Å²) in [7, 11) is 0. The molecule has 0 unspecified atom stereocenters. The lowest BCUT2D eigenvalue weighted by molar-refractivity contribution is 0.451. The molecule has 53 heavy (non-hydrogen) atoms. The smallest absolute Gasteiger partial charge is 0.184 e. The highest BCUT2D eigenvalue weighted by atomic mass is 15.6. The fraction of sp³-hybridized carbons (Fsp3) is 0.196. The lowest BCUT2D eigenvalue weighted by Crippen LogP contribution is -2.39. The Balaban J connectivity index is 1.19. The van der Waals surface area contributed by atoms with Crippen LogP contribution in [0.3, 0.4) is 0 Å². The lowest BCUT2D eigenvalue weighted by Gasteiger charge is -2.36. The Bertz CT molecular complexity index is 2460. The van der Waals surface area contributed by atoms with Crippen molar-refractivity contribution in [1.29, 1.82) is 0 Å². The van der Waals surface area contributed by atoms with Crippen LogP contribution in [0.15, 0.2) is 140 Å². The Hall–Kier alpha value is -6.21. The minimum absolute atomic E-state index is 0.199. The normalized spacial score (nSPS) is 14.1. The first kappa shape index (κ1) is 32.7. The monoisotopic (exact) mass is 691 g/mol. The van der Waals surface area contributed by atoms with E-state index in [9.17, 15) is 0 Å². The molecule has 7 heteroatoms. The molecule has 0 radical (unpaired) electrons. The van der Waals surface area contributed by atoms with Gasteiger partial charge in [0.25, 0.3) is 0 Å². The first-order valence-corrected chi connectivity index (χ1v) is 18.6. The molecule has 0 fully saturated rings. The van der Waals surface area contributed by atoms with Crippen LogP contribution < -0.4 is 0 Å². The Morgan fingerprint density at radius 2 is 1.32 bits per heavy atom. The number of aromatic nitrogens is 7. The van der Waals surface area contributed by atoms with E-state index in [2.05, 4.69) is 170 Å². The van der Waals surface area contributed by atoms with Gasteiger partial charge in [-0.1, -0.05) is 140 Å². The van der Waals surface area contributed by atoms with Crippen molar-refractivity contribution in [3.8, 4) is 22.5 Å². The Labute approximate surface area is 310 Å². The third kappa shape index (κ3) is 5.38. The maximum absolute atomic E-state index is 5.14. The number of rotatable bonds is 9. The molecule has 7 nitrogen and oxygen atoms in total. The number of nitrogens with zero attached hydrogens (tertiary/aromatic N) is 7. The second-order valence-electron chi connectivity index (χ2n) is 14.1. The van der Waals surface area contributed by atoms with Crippen LogP contribution in [0.5, 0.6) is 0 Å². The van der Waals surface area contributed by atoms with Crippen LogP contribution in [-0.2, 0) is 18.4 Å². The summed E-state index contributed by atoms with van der Waals surface area (Å²) >= 11 is 0. The van der Waals surface area contributed by atoms with Crippen molar-refractivity contribution >= 4 is 11.2 Å². The number of fused-ring (bicyclic) bond motifs is 2. The van der Waals surface area contributed by atoms with E-state index in [0.717, 1.165) is 81.7 Å². The van der Waals surface area contributed by atoms with E-state index in [1.54, 1.807) is 0 Å². The van der Waals surface area contributed by atoms with Gasteiger partial charge in [-0.3, -0.25) is 0 Å². The Morgan fingerprint density at radius 3 is 1.96 bits per heavy atom. The lowest BCUT2D eigenvalue weighted by atomic mass is 9.77. The maximum Gasteiger partial charge on any atom is 0.184 e. The van der Waals surface area contributed by atoms with Gasteiger partial charge in [0.15, 0.2) is 11.5 Å². The average molecular weight is 692 g/mol. The van der Waals surface area contributed by atoms with Crippen molar-refractivity contribution in [2.75, 3.05) is 0 Å². The predicted molar refractivity (Wildman–Crippen MR) is 211 cm³/mol. The fourth-order valence-electron chi connectivity index (χ4n) is 8.60. The van der Waals surface area contributed by atoms with Crippen LogP contribution in [0.1, 0.15) is 70.7 Å². The van der Waals surface area contributed by atoms with Crippen molar-refractivity contribution in [2.45, 2.75) is 58.0 Å². The van der Waals surface area contributed by atoms with Crippen molar-refractivity contribution < 1.29 is 0 Å². The molecule has 0 N–H and O–H groups in total. The van der Waals surface area contributed by atoms with Crippen LogP contribution in [0, 0.1) is 13.8 Å². The van der Waals surface area contributed by atoms with Gasteiger partial charge < -0.3 is 4.57 Å². The largest absolute Gasteiger partial charge is 0.305 e. The van der Waals surface area contributed by atoms with Crippen LogP contribution >= 0.6 is 0 Å². The molecule has 0 spiro atoms. The number of benzene rings is 5. The number of pyridine rings is 1. The zero-order chi connectivity index (χ0) is 35.9. The van der Waals surface area contributed by atoms with E-state index in [1.165, 1.54) is 16.7 Å². The maximum atomic E-state index is 5.14. The summed E-state index contributed by atoms with van der Waals surface area (Å²) in [5, 5.41) is 14.0. The molecule has 1 atom stereocenters. The first-order chi connectivity index (χ1) is 26.1. The number of hydrogen-bond acceptors (Lipinski definition) is 5. The SMILES string of the molecule is CCCc1nc2c(C)cc(C)nc2n1[C@H]1CCc2cc(-c3ccccc3-c3nnnn3C(c3ccccc3)(c3ccccc3)c3ccccc3)ccc21. The molecule has 0 bridgehead atoms. The standard InChI is InChI=1S/C46H41N7/c1-4-16-42-48-43-31(2)29-32(3)47-45(43)52(42)41-28-26-34-30-33(25-27-39(34)41)38-23-14-15-24-40(38)44-49-50-51-53(44)46(35-17-8-5-9-18-35,36-19-10-6-11-20-36)37-21-12-7-13-22-37/h5-15,17-25,27,29-30,41H,4,16,26,28H2,1-3H3/t41-/m0/s1. The molecule has 1 aliphatic rings. The van der Waals surface area contributed by atoms with Gasteiger partial charge in [0.2, 0.25) is 0 Å². The van der Waals surface area contributed by atoms with E-state index in [1.807, 2.05) is 4.68 Å². The zero-order valence-corrected chi connectivity index (χ0v) is 30.3. The zero-order valence-electron chi connectivity index (χ0n) is 30.3. The fourth-order valence-corrected chi connectivity index (χ4v) is 8.60. The molecule has 1 aliphatic carbocycles. The molecule has 9 rings (SSSR count). The molecule has 3 aromatic heterocycles. The minimum Gasteiger partial charge on any atom is -0.305 e. The average Bonchev–Trinajstić information content (AvgIpc) is 3.94. The molecule has 0 saturated heterocycles. The van der Waals surface area contributed by atoms with Gasteiger partial charge in [0.1, 0.15) is 16.9 Å². The molecule has 0 amide bonds. The van der Waals surface area contributed by atoms with E-state index in [4.69, 9.17) is 20.3 Å². The van der Waals surface area contributed by atoms with Crippen LogP contribution in [0.25, 0.3) is 33.7 Å². The Kier molecular flexibility index (Phi) is 8.26. The summed E-state index contributed by atoms with van der Waals surface area (Å²) in [4.78, 5) is 10.2. The van der Waals surface area contributed by atoms with Gasteiger partial charge in [0.05, 0.1) is 6.04 Å². The molecule has 3 heterocycles. The number of aryl methyl sites for hydroxylation is 4. The third-order valence-corrected chi connectivity index (χ3v) is 10.9. The molecule has 0 saturated carbocycles. The van der Waals surface area contributed by atoms with Crippen molar-refractivity contribution in [2.24, 2.45) is 0 Å². The van der Waals surface area contributed by atoms with E-state index in [-0.39, 0.29) is 6.04 Å². The number of hydrogen-bond donors (Lipinski definition) is 0. The van der Waals surface area contributed by atoms with E-state index < -0.39 is 5.54 Å². The quantitative estimate of drug-likeness (QED) is 0.141. The van der Waals surface area contributed by atoms with Gasteiger partial charge >= 0.3 is 0 Å². The summed E-state index contributed by atoms with van der Waals surface area (Å²) in [6.45, 7) is 6.45. The van der Waals surface area contributed by atoms with E-state index >= 15 is 0 Å². The second kappa shape index (κ2) is 13.4. The van der Waals surface area contributed by atoms with Gasteiger partial charge in [0, 0.05) is 17.7 Å². The van der Waals surface area contributed by atoms with Gasteiger partial charge in [-0.25, -0.2) is 14.6 Å². The molecule has 5 aromatic carbocycles. The van der Waals surface area contributed by atoms with Gasteiger partial charge in [-0.15, -0.1) is 5.10 Å². The topological polar surface area (TPSA) is 74.3 Å². The predicted octanol–water partition coefficient (Wildman–Crippen LogP) is 9.70. The molecular formula is C46H41N7. The van der Waals surface area contributed by atoms with Crippen LogP contribution in [-0.4, -0.2) is 34.7 Å².